The van der Waals surface area contributed by atoms with Gasteiger partial charge in [0.2, 0.25) is 5.91 Å². The molecule has 0 aliphatic carbocycles. The Morgan fingerprint density at radius 1 is 1.30 bits per heavy atom. The van der Waals surface area contributed by atoms with Gasteiger partial charge in [-0.05, 0) is 25.0 Å². The summed E-state index contributed by atoms with van der Waals surface area (Å²) in [6.45, 7) is 6.18. The summed E-state index contributed by atoms with van der Waals surface area (Å²) in [6, 6.07) is 6.79. The average Bonchev–Trinajstić information content (AvgIpc) is 2.39. The van der Waals surface area contributed by atoms with Crippen LogP contribution in [0.25, 0.3) is 0 Å². The minimum atomic E-state index is -0.447. The summed E-state index contributed by atoms with van der Waals surface area (Å²) in [7, 11) is 0. The largest absolute Gasteiger partial charge is 0.462 e. The molecule has 1 atom stereocenters. The maximum absolute atomic E-state index is 12.2. The normalized spacial score (nSPS) is 12.1. The monoisotopic (exact) mass is 278 g/mol. The van der Waals surface area contributed by atoms with Crippen molar-refractivity contribution in [3.05, 3.63) is 29.8 Å². The number of benzene rings is 1. The second kappa shape index (κ2) is 7.65. The number of ether oxygens (including phenoxy) is 1. The Kier molecular flexibility index (Phi) is 6.18. The molecule has 0 heterocycles. The lowest BCUT2D eigenvalue weighted by atomic mass is 9.95. The van der Waals surface area contributed by atoms with E-state index in [1.807, 2.05) is 13.8 Å². The van der Waals surface area contributed by atoms with E-state index in [1.165, 1.54) is 0 Å². The van der Waals surface area contributed by atoms with Crippen molar-refractivity contribution in [2.24, 2.45) is 17.6 Å². The van der Waals surface area contributed by atoms with Gasteiger partial charge in [0.1, 0.15) is 0 Å². The molecular weight excluding hydrogens is 256 g/mol. The molecule has 0 aliphatic heterocycles. The molecule has 0 bridgehead atoms. The smallest absolute Gasteiger partial charge is 0.340 e. The summed E-state index contributed by atoms with van der Waals surface area (Å²) < 4.78 is 4.97. The predicted octanol–water partition coefficient (Wildman–Crippen LogP) is 2.03. The van der Waals surface area contributed by atoms with E-state index in [0.717, 1.165) is 0 Å². The van der Waals surface area contributed by atoms with Crippen LogP contribution in [0.1, 0.15) is 31.1 Å². The minimum Gasteiger partial charge on any atom is -0.462 e. The Bertz CT molecular complexity index is 472. The maximum atomic E-state index is 12.2. The lowest BCUT2D eigenvalue weighted by molar-refractivity contribution is -0.120. The fourth-order valence-electron chi connectivity index (χ4n) is 1.89. The van der Waals surface area contributed by atoms with E-state index >= 15 is 0 Å². The summed E-state index contributed by atoms with van der Waals surface area (Å²) in [4.78, 5) is 24.0. The lowest BCUT2D eigenvalue weighted by Gasteiger charge is -2.19. The summed E-state index contributed by atoms with van der Waals surface area (Å²) in [5, 5.41) is 2.76. The van der Waals surface area contributed by atoms with Crippen LogP contribution in [0, 0.1) is 11.8 Å². The first-order chi connectivity index (χ1) is 9.51. The molecule has 5 heteroatoms. The molecule has 0 saturated carbocycles. The summed E-state index contributed by atoms with van der Waals surface area (Å²) in [5.41, 5.74) is 6.42. The number of hydrogen-bond acceptors (Lipinski definition) is 4. The molecule has 0 aliphatic rings. The fraction of sp³-hybridized carbons (Fsp3) is 0.467. The first-order valence-electron chi connectivity index (χ1n) is 6.78. The van der Waals surface area contributed by atoms with Gasteiger partial charge in [-0.3, -0.25) is 4.79 Å². The first-order valence-corrected chi connectivity index (χ1v) is 6.78. The van der Waals surface area contributed by atoms with Gasteiger partial charge in [0.25, 0.3) is 0 Å². The molecule has 0 aromatic heterocycles. The summed E-state index contributed by atoms with van der Waals surface area (Å²) >= 11 is 0. The number of esters is 1. The van der Waals surface area contributed by atoms with E-state index < -0.39 is 5.97 Å². The number of anilines is 1. The Balaban J connectivity index is 2.92. The Morgan fingerprint density at radius 2 is 1.95 bits per heavy atom. The van der Waals surface area contributed by atoms with E-state index in [0.29, 0.717) is 17.9 Å². The highest BCUT2D eigenvalue weighted by molar-refractivity contribution is 6.01. The quantitative estimate of drug-likeness (QED) is 0.780. The second-order valence-electron chi connectivity index (χ2n) is 4.84. The van der Waals surface area contributed by atoms with Crippen molar-refractivity contribution in [1.82, 2.24) is 0 Å². The molecule has 5 nitrogen and oxygen atoms in total. The van der Waals surface area contributed by atoms with Gasteiger partial charge in [-0.1, -0.05) is 26.0 Å². The van der Waals surface area contributed by atoms with E-state index in [9.17, 15) is 9.59 Å². The molecule has 0 radical (unpaired) electrons. The number of para-hydroxylation sites is 1. The summed E-state index contributed by atoms with van der Waals surface area (Å²) in [5.74, 6) is -0.781. The van der Waals surface area contributed by atoms with Crippen LogP contribution in [0.5, 0.6) is 0 Å². The third kappa shape index (κ3) is 4.06. The lowest BCUT2D eigenvalue weighted by Crippen LogP contribution is -2.33. The molecule has 3 N–H and O–H groups in total. The van der Waals surface area contributed by atoms with Crippen LogP contribution in [0.15, 0.2) is 24.3 Å². The van der Waals surface area contributed by atoms with Gasteiger partial charge in [-0.2, -0.15) is 0 Å². The number of carbonyl (C=O) groups is 2. The second-order valence-corrected chi connectivity index (χ2v) is 4.84. The molecule has 1 rings (SSSR count). The number of carbonyl (C=O) groups excluding carboxylic acids is 2. The van der Waals surface area contributed by atoms with E-state index in [2.05, 4.69) is 5.32 Å². The zero-order valence-corrected chi connectivity index (χ0v) is 12.2. The van der Waals surface area contributed by atoms with Crippen molar-refractivity contribution in [3.8, 4) is 0 Å². The molecule has 1 unspecified atom stereocenters. The highest BCUT2D eigenvalue weighted by atomic mass is 16.5. The zero-order chi connectivity index (χ0) is 15.1. The van der Waals surface area contributed by atoms with Crippen LogP contribution in [-0.4, -0.2) is 25.0 Å². The molecule has 1 amide bonds. The highest BCUT2D eigenvalue weighted by Gasteiger charge is 2.22. The third-order valence-corrected chi connectivity index (χ3v) is 3.08. The van der Waals surface area contributed by atoms with Crippen LogP contribution < -0.4 is 11.1 Å². The zero-order valence-electron chi connectivity index (χ0n) is 12.2. The first kappa shape index (κ1) is 16.2. The van der Waals surface area contributed by atoms with Crippen LogP contribution in [0.3, 0.4) is 0 Å². The van der Waals surface area contributed by atoms with Crippen molar-refractivity contribution < 1.29 is 14.3 Å². The van der Waals surface area contributed by atoms with E-state index in [4.69, 9.17) is 10.5 Å². The maximum Gasteiger partial charge on any atom is 0.340 e. The van der Waals surface area contributed by atoms with Gasteiger partial charge in [0.05, 0.1) is 23.8 Å². The molecule has 0 spiro atoms. The van der Waals surface area contributed by atoms with Gasteiger partial charge in [0, 0.05) is 6.54 Å². The van der Waals surface area contributed by atoms with Crippen molar-refractivity contribution in [2.75, 3.05) is 18.5 Å². The average molecular weight is 278 g/mol. The van der Waals surface area contributed by atoms with Gasteiger partial charge in [-0.25, -0.2) is 4.79 Å². The predicted molar refractivity (Wildman–Crippen MR) is 78.4 cm³/mol. The molecule has 0 fully saturated rings. The number of nitrogens with one attached hydrogen (secondary N) is 1. The number of hydrogen-bond donors (Lipinski definition) is 2. The molecule has 110 valence electrons. The van der Waals surface area contributed by atoms with Crippen LogP contribution in [-0.2, 0) is 9.53 Å². The number of nitrogens with two attached hydrogens (primary N) is 1. The Hall–Kier alpha value is -1.88. The van der Waals surface area contributed by atoms with Crippen LogP contribution in [0.4, 0.5) is 5.69 Å². The van der Waals surface area contributed by atoms with Crippen molar-refractivity contribution in [3.63, 3.8) is 0 Å². The van der Waals surface area contributed by atoms with Crippen LogP contribution in [0.2, 0.25) is 0 Å². The minimum absolute atomic E-state index is 0.134. The number of amides is 1. The highest BCUT2D eigenvalue weighted by Crippen LogP contribution is 2.19. The molecular formula is C15H22N2O3. The van der Waals surface area contributed by atoms with Crippen LogP contribution >= 0.6 is 0 Å². The molecule has 20 heavy (non-hydrogen) atoms. The van der Waals surface area contributed by atoms with E-state index in [-0.39, 0.29) is 24.3 Å². The molecule has 1 aromatic rings. The van der Waals surface area contributed by atoms with Crippen molar-refractivity contribution in [2.45, 2.75) is 20.8 Å². The Morgan fingerprint density at radius 3 is 2.50 bits per heavy atom. The van der Waals surface area contributed by atoms with Crippen molar-refractivity contribution >= 4 is 17.6 Å². The Labute approximate surface area is 119 Å². The van der Waals surface area contributed by atoms with Gasteiger partial charge < -0.3 is 15.8 Å². The topological polar surface area (TPSA) is 81.4 Å². The third-order valence-electron chi connectivity index (χ3n) is 3.08. The molecule has 1 aromatic carbocycles. The van der Waals surface area contributed by atoms with Gasteiger partial charge in [0.15, 0.2) is 0 Å². The number of rotatable bonds is 6. The van der Waals surface area contributed by atoms with E-state index in [1.54, 1.807) is 31.2 Å². The summed E-state index contributed by atoms with van der Waals surface area (Å²) in [6.07, 6.45) is 0. The SMILES string of the molecule is CCOC(=O)c1ccccc1NC(=O)C(CN)C(C)C. The van der Waals surface area contributed by atoms with Gasteiger partial charge >= 0.3 is 5.97 Å². The van der Waals surface area contributed by atoms with Gasteiger partial charge in [-0.15, -0.1) is 0 Å². The molecule has 0 saturated heterocycles. The standard InChI is InChI=1S/C15H22N2O3/c1-4-20-15(19)11-7-5-6-8-13(11)17-14(18)12(9-16)10(2)3/h5-8,10,12H,4,9,16H2,1-3H3,(H,17,18). The van der Waals surface area contributed by atoms with Crippen molar-refractivity contribution in [1.29, 1.82) is 0 Å². The fourth-order valence-corrected chi connectivity index (χ4v) is 1.89.